The highest BCUT2D eigenvalue weighted by molar-refractivity contribution is 5.97. The van der Waals surface area contributed by atoms with E-state index >= 15 is 0 Å². The summed E-state index contributed by atoms with van der Waals surface area (Å²) >= 11 is 0. The summed E-state index contributed by atoms with van der Waals surface area (Å²) in [6.07, 6.45) is 1.95. The molecule has 0 bridgehead atoms. The average Bonchev–Trinajstić information content (AvgIpc) is 3.20. The van der Waals surface area contributed by atoms with E-state index in [0.29, 0.717) is 0 Å². The van der Waals surface area contributed by atoms with Crippen LogP contribution in [0.5, 0.6) is 5.75 Å². The molecule has 35 heavy (non-hydrogen) atoms. The first-order valence-corrected chi connectivity index (χ1v) is 11.8. The number of para-hydroxylation sites is 1. The molecule has 0 radical (unpaired) electrons. The van der Waals surface area contributed by atoms with E-state index < -0.39 is 0 Å². The number of aryl methyl sites for hydroxylation is 2. The third-order valence-electron chi connectivity index (χ3n) is 6.77. The maximum absolute atomic E-state index is 5.39. The van der Waals surface area contributed by atoms with Gasteiger partial charge >= 0.3 is 0 Å². The number of hydrogen-bond donors (Lipinski definition) is 0. The van der Waals surface area contributed by atoms with Gasteiger partial charge in [0, 0.05) is 22.7 Å². The van der Waals surface area contributed by atoms with Crippen LogP contribution in [0.15, 0.2) is 103 Å². The maximum Gasteiger partial charge on any atom is 0.118 e. The van der Waals surface area contributed by atoms with Gasteiger partial charge in [0.2, 0.25) is 0 Å². The maximum atomic E-state index is 5.39. The van der Waals surface area contributed by atoms with Gasteiger partial charge in [0.1, 0.15) is 5.75 Å². The fraction of sp³-hybridized carbons (Fsp3) is 0.0938. The SMILES string of the molecule is COc1ccc(-c2cc(-c3cc(C)cnc3-c3ccccc3)n3c(c2)c(C)c2ccccc23)cc1. The first kappa shape index (κ1) is 21.2. The fourth-order valence-corrected chi connectivity index (χ4v) is 4.99. The molecule has 3 heteroatoms. The minimum atomic E-state index is 0.855. The van der Waals surface area contributed by atoms with E-state index in [9.17, 15) is 0 Å². The van der Waals surface area contributed by atoms with Gasteiger partial charge in [-0.1, -0.05) is 60.7 Å². The Bertz CT molecular complexity index is 1680. The van der Waals surface area contributed by atoms with Gasteiger partial charge in [0.25, 0.3) is 0 Å². The smallest absolute Gasteiger partial charge is 0.118 e. The lowest BCUT2D eigenvalue weighted by atomic mass is 9.98. The molecule has 3 nitrogen and oxygen atoms in total. The topological polar surface area (TPSA) is 26.5 Å². The lowest BCUT2D eigenvalue weighted by Gasteiger charge is -2.16. The molecule has 6 rings (SSSR count). The predicted molar refractivity (Wildman–Crippen MR) is 145 cm³/mol. The summed E-state index contributed by atoms with van der Waals surface area (Å²) in [5.74, 6) is 0.855. The Hall–Kier alpha value is -4.37. The molecule has 0 aliphatic carbocycles. The molecule has 0 saturated carbocycles. The number of hydrogen-bond acceptors (Lipinski definition) is 2. The van der Waals surface area contributed by atoms with Gasteiger partial charge < -0.3 is 9.14 Å². The minimum Gasteiger partial charge on any atom is -0.497 e. The molecule has 0 unspecified atom stereocenters. The molecule has 3 aromatic heterocycles. The summed E-state index contributed by atoms with van der Waals surface area (Å²) in [7, 11) is 1.70. The number of pyridine rings is 2. The molecule has 0 aliphatic rings. The van der Waals surface area contributed by atoms with Crippen LogP contribution < -0.4 is 4.74 Å². The monoisotopic (exact) mass is 454 g/mol. The number of benzene rings is 3. The molecule has 0 fully saturated rings. The highest BCUT2D eigenvalue weighted by Gasteiger charge is 2.18. The Morgan fingerprint density at radius 1 is 0.686 bits per heavy atom. The number of methoxy groups -OCH3 is 1. The van der Waals surface area contributed by atoms with Crippen molar-refractivity contribution in [2.24, 2.45) is 0 Å². The lowest BCUT2D eigenvalue weighted by Crippen LogP contribution is -1.98. The van der Waals surface area contributed by atoms with Crippen molar-refractivity contribution in [3.63, 3.8) is 0 Å². The molecule has 170 valence electrons. The van der Waals surface area contributed by atoms with Crippen molar-refractivity contribution in [1.29, 1.82) is 0 Å². The Labute approximate surface area is 205 Å². The van der Waals surface area contributed by atoms with E-state index in [1.165, 1.54) is 27.5 Å². The summed E-state index contributed by atoms with van der Waals surface area (Å²) in [5, 5.41) is 1.27. The average molecular weight is 455 g/mol. The van der Waals surface area contributed by atoms with Gasteiger partial charge in [-0.2, -0.15) is 0 Å². The number of fused-ring (bicyclic) bond motifs is 3. The summed E-state index contributed by atoms with van der Waals surface area (Å²) in [4.78, 5) is 4.91. The van der Waals surface area contributed by atoms with Gasteiger partial charge in [0.05, 0.1) is 29.5 Å². The quantitative estimate of drug-likeness (QED) is 0.269. The molecule has 3 heterocycles. The second-order valence-corrected chi connectivity index (χ2v) is 9.00. The summed E-state index contributed by atoms with van der Waals surface area (Å²) in [5.41, 5.74) is 11.5. The van der Waals surface area contributed by atoms with Gasteiger partial charge in [-0.15, -0.1) is 0 Å². The van der Waals surface area contributed by atoms with Gasteiger partial charge in [0.15, 0.2) is 0 Å². The highest BCUT2D eigenvalue weighted by atomic mass is 16.5. The number of aromatic nitrogens is 2. The van der Waals surface area contributed by atoms with Crippen LogP contribution in [0.4, 0.5) is 0 Å². The Kier molecular flexibility index (Phi) is 5.11. The number of rotatable bonds is 4. The van der Waals surface area contributed by atoms with Crippen LogP contribution in [0.25, 0.3) is 50.1 Å². The molecule has 0 spiro atoms. The van der Waals surface area contributed by atoms with Gasteiger partial charge in [-0.25, -0.2) is 0 Å². The summed E-state index contributed by atoms with van der Waals surface area (Å²) in [6, 6.07) is 34.2. The third-order valence-corrected chi connectivity index (χ3v) is 6.77. The van der Waals surface area contributed by atoms with Gasteiger partial charge in [-0.05, 0) is 72.5 Å². The van der Waals surface area contributed by atoms with E-state index in [0.717, 1.165) is 39.4 Å². The van der Waals surface area contributed by atoms with Crippen LogP contribution >= 0.6 is 0 Å². The second kappa shape index (κ2) is 8.44. The third kappa shape index (κ3) is 3.57. The van der Waals surface area contributed by atoms with E-state index in [1.54, 1.807) is 7.11 Å². The molecular weight excluding hydrogens is 428 g/mol. The zero-order valence-corrected chi connectivity index (χ0v) is 20.1. The van der Waals surface area contributed by atoms with Crippen molar-refractivity contribution < 1.29 is 4.74 Å². The summed E-state index contributed by atoms with van der Waals surface area (Å²) < 4.78 is 7.78. The van der Waals surface area contributed by atoms with Gasteiger partial charge in [-0.3, -0.25) is 4.98 Å². The summed E-state index contributed by atoms with van der Waals surface area (Å²) in [6.45, 7) is 4.32. The first-order valence-electron chi connectivity index (χ1n) is 11.8. The van der Waals surface area contributed by atoms with Crippen LogP contribution in [0, 0.1) is 13.8 Å². The number of nitrogens with zero attached hydrogens (tertiary/aromatic N) is 2. The van der Waals surface area contributed by atoms with E-state index in [4.69, 9.17) is 9.72 Å². The van der Waals surface area contributed by atoms with Crippen LogP contribution in [0.2, 0.25) is 0 Å². The Balaban J connectivity index is 1.72. The molecule has 6 aromatic rings. The lowest BCUT2D eigenvalue weighted by molar-refractivity contribution is 0.415. The first-order chi connectivity index (χ1) is 17.1. The minimum absolute atomic E-state index is 0.855. The molecule has 0 saturated heterocycles. The molecular formula is C32H26N2O. The van der Waals surface area contributed by atoms with Crippen LogP contribution in [0.1, 0.15) is 11.1 Å². The van der Waals surface area contributed by atoms with Crippen molar-refractivity contribution in [2.45, 2.75) is 13.8 Å². The van der Waals surface area contributed by atoms with E-state index in [1.807, 2.05) is 24.4 Å². The normalized spacial score (nSPS) is 11.3. The van der Waals surface area contributed by atoms with Crippen molar-refractivity contribution in [2.75, 3.05) is 7.11 Å². The van der Waals surface area contributed by atoms with Crippen LogP contribution in [0.3, 0.4) is 0 Å². The van der Waals surface area contributed by atoms with Crippen LogP contribution in [-0.2, 0) is 0 Å². The second-order valence-electron chi connectivity index (χ2n) is 9.00. The van der Waals surface area contributed by atoms with E-state index in [-0.39, 0.29) is 0 Å². The molecule has 0 amide bonds. The van der Waals surface area contributed by atoms with Crippen molar-refractivity contribution >= 4 is 16.4 Å². The van der Waals surface area contributed by atoms with Crippen molar-refractivity contribution in [1.82, 2.24) is 9.38 Å². The molecule has 3 aromatic carbocycles. The predicted octanol–water partition coefficient (Wildman–Crippen LogP) is 8.11. The fourth-order valence-electron chi connectivity index (χ4n) is 4.99. The molecule has 0 atom stereocenters. The Morgan fingerprint density at radius 2 is 1.43 bits per heavy atom. The molecule has 0 aliphatic heterocycles. The number of ether oxygens (including phenoxy) is 1. The van der Waals surface area contributed by atoms with Crippen LogP contribution in [-0.4, -0.2) is 16.5 Å². The Morgan fingerprint density at radius 3 is 2.20 bits per heavy atom. The standard InChI is InChI=1S/C32H26N2O/c1-21-17-28(32(33-20-21)24-9-5-4-6-10-24)31-19-25(23-13-15-26(35-3)16-14-23)18-30-22(2)27-11-7-8-12-29(27)34(30)31/h4-20H,1-3H3. The zero-order valence-electron chi connectivity index (χ0n) is 20.1. The highest BCUT2D eigenvalue weighted by Crippen LogP contribution is 2.38. The largest absolute Gasteiger partial charge is 0.497 e. The van der Waals surface area contributed by atoms with E-state index in [2.05, 4.69) is 97.1 Å². The zero-order chi connectivity index (χ0) is 23.9. The van der Waals surface area contributed by atoms with Crippen molar-refractivity contribution in [3.05, 3.63) is 114 Å². The van der Waals surface area contributed by atoms with Crippen molar-refractivity contribution in [3.8, 4) is 39.4 Å². The molecule has 0 N–H and O–H groups in total.